The van der Waals surface area contributed by atoms with Crippen LogP contribution in [0.25, 0.3) is 0 Å². The van der Waals surface area contributed by atoms with Crippen molar-refractivity contribution in [2.24, 2.45) is 0 Å². The fourth-order valence-electron chi connectivity index (χ4n) is 0.823. The Morgan fingerprint density at radius 3 is 2.00 bits per heavy atom. The Kier molecular flexibility index (Phi) is 4.34. The van der Waals surface area contributed by atoms with E-state index in [0.717, 1.165) is 11.5 Å². The fraction of sp³-hybridized carbons (Fsp3) is 0.182. The van der Waals surface area contributed by atoms with Crippen LogP contribution < -0.4 is 0 Å². The Labute approximate surface area is 88.0 Å². The highest BCUT2D eigenvalue weighted by atomic mass is 19.1. The first-order valence-electron chi connectivity index (χ1n) is 4.50. The average molecular weight is 205 g/mol. The lowest BCUT2D eigenvalue weighted by molar-refractivity contribution is 0.620. The molecular weight excluding hydrogens is 193 g/mol. The third kappa shape index (κ3) is 4.81. The highest BCUT2D eigenvalue weighted by Gasteiger charge is 1.84. The Balaban J connectivity index is 0.000000151. The lowest BCUT2D eigenvalue weighted by Gasteiger charge is -1.86. The molecule has 0 bridgehead atoms. The fourth-order valence-corrected chi connectivity index (χ4v) is 0.823. The minimum absolute atomic E-state index is 0.282. The zero-order valence-electron chi connectivity index (χ0n) is 8.68. The molecule has 0 aliphatic heterocycles. The molecule has 0 N–H and O–H groups in total. The van der Waals surface area contributed by atoms with Crippen LogP contribution in [0.15, 0.2) is 36.8 Å². The summed E-state index contributed by atoms with van der Waals surface area (Å²) in [7, 11) is 0. The van der Waals surface area contributed by atoms with Gasteiger partial charge in [0, 0.05) is 18.1 Å². The number of aromatic nitrogens is 3. The van der Waals surface area contributed by atoms with Gasteiger partial charge in [0.1, 0.15) is 11.6 Å². The molecule has 0 spiro atoms. The maximum atomic E-state index is 12.0. The molecule has 0 atom stereocenters. The zero-order valence-corrected chi connectivity index (χ0v) is 8.68. The van der Waals surface area contributed by atoms with Gasteiger partial charge in [-0.2, -0.15) is 0 Å². The molecule has 2 rings (SSSR count). The Morgan fingerprint density at radius 1 is 1.00 bits per heavy atom. The van der Waals surface area contributed by atoms with Gasteiger partial charge in [0.05, 0.1) is 6.20 Å². The molecule has 2 aromatic heterocycles. The van der Waals surface area contributed by atoms with Crippen molar-refractivity contribution in [1.29, 1.82) is 0 Å². The summed E-state index contributed by atoms with van der Waals surface area (Å²) >= 11 is 0. The molecule has 0 saturated carbocycles. The number of rotatable bonds is 0. The third-order valence-electron chi connectivity index (χ3n) is 1.57. The standard InChI is InChI=1S/C6H6FN.C5H6N2/c1-5-2-3-6(7)4-8-5;1-5-6-3-2-4-7-5/h2-4H,1H3;2-4H,1H3. The Bertz CT molecular complexity index is 365. The van der Waals surface area contributed by atoms with E-state index in [1.165, 1.54) is 12.3 Å². The summed E-state index contributed by atoms with van der Waals surface area (Å²) in [5.74, 6) is 0.540. The summed E-state index contributed by atoms with van der Waals surface area (Å²) in [6.07, 6.45) is 4.65. The zero-order chi connectivity index (χ0) is 11.1. The van der Waals surface area contributed by atoms with Gasteiger partial charge in [-0.25, -0.2) is 14.4 Å². The summed E-state index contributed by atoms with van der Waals surface area (Å²) in [6.45, 7) is 3.68. The summed E-state index contributed by atoms with van der Waals surface area (Å²) < 4.78 is 12.0. The van der Waals surface area contributed by atoms with Crippen molar-refractivity contribution >= 4 is 0 Å². The molecule has 0 saturated heterocycles. The van der Waals surface area contributed by atoms with Crippen molar-refractivity contribution in [3.63, 3.8) is 0 Å². The highest BCUT2D eigenvalue weighted by molar-refractivity contribution is 5.02. The van der Waals surface area contributed by atoms with Gasteiger partial charge in [-0.3, -0.25) is 4.98 Å². The monoisotopic (exact) mass is 205 g/mol. The molecule has 0 aliphatic rings. The molecular formula is C11H12FN3. The summed E-state index contributed by atoms with van der Waals surface area (Å²) in [6, 6.07) is 4.82. The van der Waals surface area contributed by atoms with Crippen LogP contribution in [-0.2, 0) is 0 Å². The van der Waals surface area contributed by atoms with Crippen molar-refractivity contribution in [3.8, 4) is 0 Å². The molecule has 15 heavy (non-hydrogen) atoms. The van der Waals surface area contributed by atoms with Crippen molar-refractivity contribution in [1.82, 2.24) is 15.0 Å². The second-order valence-electron chi connectivity index (χ2n) is 2.91. The molecule has 2 heterocycles. The van der Waals surface area contributed by atoms with Crippen LogP contribution in [0, 0.1) is 19.7 Å². The maximum Gasteiger partial charge on any atom is 0.141 e. The number of aryl methyl sites for hydroxylation is 2. The molecule has 0 amide bonds. The normalized spacial score (nSPS) is 9.00. The Hall–Kier alpha value is -1.84. The van der Waals surface area contributed by atoms with Crippen LogP contribution in [-0.4, -0.2) is 15.0 Å². The van der Waals surface area contributed by atoms with Crippen molar-refractivity contribution in [2.45, 2.75) is 13.8 Å². The molecule has 78 valence electrons. The maximum absolute atomic E-state index is 12.0. The molecule has 0 fully saturated rings. The number of hydrogen-bond donors (Lipinski definition) is 0. The van der Waals surface area contributed by atoms with Gasteiger partial charge in [-0.05, 0) is 32.0 Å². The summed E-state index contributed by atoms with van der Waals surface area (Å²) in [5.41, 5.74) is 0.839. The van der Waals surface area contributed by atoms with Crippen LogP contribution in [0.3, 0.4) is 0 Å². The molecule has 0 aromatic carbocycles. The SMILES string of the molecule is Cc1ccc(F)cn1.Cc1ncccn1. The van der Waals surface area contributed by atoms with Crippen molar-refractivity contribution < 1.29 is 4.39 Å². The first-order valence-corrected chi connectivity index (χ1v) is 4.50. The second-order valence-corrected chi connectivity index (χ2v) is 2.91. The minimum Gasteiger partial charge on any atom is -0.259 e. The minimum atomic E-state index is -0.282. The van der Waals surface area contributed by atoms with Gasteiger partial charge >= 0.3 is 0 Å². The predicted octanol–water partition coefficient (Wildman–Crippen LogP) is 2.31. The predicted molar refractivity (Wildman–Crippen MR) is 55.7 cm³/mol. The third-order valence-corrected chi connectivity index (χ3v) is 1.57. The molecule has 0 radical (unpaired) electrons. The van der Waals surface area contributed by atoms with Gasteiger partial charge in [-0.15, -0.1) is 0 Å². The molecule has 3 nitrogen and oxygen atoms in total. The number of nitrogens with zero attached hydrogens (tertiary/aromatic N) is 3. The van der Waals surface area contributed by atoms with Gasteiger partial charge < -0.3 is 0 Å². The number of halogens is 1. The van der Waals surface area contributed by atoms with Crippen molar-refractivity contribution in [3.05, 3.63) is 54.1 Å². The van der Waals surface area contributed by atoms with E-state index < -0.39 is 0 Å². The number of hydrogen-bond acceptors (Lipinski definition) is 3. The van der Waals surface area contributed by atoms with Crippen LogP contribution in [0.1, 0.15) is 11.5 Å². The first kappa shape index (κ1) is 11.2. The topological polar surface area (TPSA) is 38.7 Å². The van der Waals surface area contributed by atoms with E-state index in [1.807, 2.05) is 13.8 Å². The van der Waals surface area contributed by atoms with Gasteiger partial charge in [-0.1, -0.05) is 0 Å². The number of pyridine rings is 1. The second kappa shape index (κ2) is 5.80. The van der Waals surface area contributed by atoms with Crippen LogP contribution in [0.4, 0.5) is 4.39 Å². The van der Waals surface area contributed by atoms with Gasteiger partial charge in [0.25, 0.3) is 0 Å². The molecule has 0 aliphatic carbocycles. The lowest BCUT2D eigenvalue weighted by atomic mass is 10.4. The molecule has 4 heteroatoms. The van der Waals surface area contributed by atoms with E-state index in [-0.39, 0.29) is 5.82 Å². The summed E-state index contributed by atoms with van der Waals surface area (Å²) in [5, 5.41) is 0. The van der Waals surface area contributed by atoms with Crippen molar-refractivity contribution in [2.75, 3.05) is 0 Å². The van der Waals surface area contributed by atoms with E-state index in [4.69, 9.17) is 0 Å². The van der Waals surface area contributed by atoms with E-state index in [0.29, 0.717) is 0 Å². The lowest BCUT2D eigenvalue weighted by Crippen LogP contribution is -1.80. The van der Waals surface area contributed by atoms with Crippen LogP contribution in [0.2, 0.25) is 0 Å². The van der Waals surface area contributed by atoms with E-state index in [9.17, 15) is 4.39 Å². The Morgan fingerprint density at radius 2 is 1.67 bits per heavy atom. The van der Waals surface area contributed by atoms with Gasteiger partial charge in [0.15, 0.2) is 0 Å². The highest BCUT2D eigenvalue weighted by Crippen LogP contribution is 1.94. The molecule has 0 unspecified atom stereocenters. The van der Waals surface area contributed by atoms with E-state index in [1.54, 1.807) is 24.5 Å². The first-order chi connectivity index (χ1) is 7.18. The van der Waals surface area contributed by atoms with Gasteiger partial charge in [0.2, 0.25) is 0 Å². The largest absolute Gasteiger partial charge is 0.259 e. The van der Waals surface area contributed by atoms with Crippen LogP contribution >= 0.6 is 0 Å². The summed E-state index contributed by atoms with van der Waals surface area (Å²) in [4.78, 5) is 11.4. The average Bonchev–Trinajstić information content (AvgIpc) is 2.25. The quantitative estimate of drug-likeness (QED) is 0.662. The van der Waals surface area contributed by atoms with E-state index in [2.05, 4.69) is 15.0 Å². The molecule has 2 aromatic rings. The smallest absolute Gasteiger partial charge is 0.141 e. The van der Waals surface area contributed by atoms with E-state index >= 15 is 0 Å². The van der Waals surface area contributed by atoms with Crippen LogP contribution in [0.5, 0.6) is 0 Å².